The molecule has 4 heteroatoms. The van der Waals surface area contributed by atoms with Gasteiger partial charge in [-0.15, -0.1) is 0 Å². The Morgan fingerprint density at radius 1 is 1.11 bits per heavy atom. The van der Waals surface area contributed by atoms with Crippen LogP contribution in [0.1, 0.15) is 49.2 Å². The highest BCUT2D eigenvalue weighted by Crippen LogP contribution is 2.32. The Kier molecular flexibility index (Phi) is 5.87. The van der Waals surface area contributed by atoms with Crippen LogP contribution in [-0.4, -0.2) is 17.8 Å². The number of fused-ring (bicyclic) bond motifs is 2. The summed E-state index contributed by atoms with van der Waals surface area (Å²) in [6.45, 7) is 4.73. The predicted octanol–water partition coefficient (Wildman–Crippen LogP) is 6.66. The third kappa shape index (κ3) is 4.33. The lowest BCUT2D eigenvalue weighted by molar-refractivity contribution is 0.362. The number of thiazole rings is 1. The van der Waals surface area contributed by atoms with Crippen LogP contribution in [0.4, 0.5) is 5.13 Å². The molecule has 0 radical (unpaired) electrons. The molecule has 28 heavy (non-hydrogen) atoms. The van der Waals surface area contributed by atoms with Crippen molar-refractivity contribution < 1.29 is 4.74 Å². The summed E-state index contributed by atoms with van der Waals surface area (Å²) in [5.74, 6) is 0.859. The zero-order chi connectivity index (χ0) is 19.3. The smallest absolute Gasteiger partial charge is 0.209 e. The van der Waals surface area contributed by atoms with Crippen LogP contribution in [0.5, 0.6) is 5.75 Å². The van der Waals surface area contributed by atoms with Crippen molar-refractivity contribution in [2.45, 2.75) is 46.0 Å². The van der Waals surface area contributed by atoms with E-state index in [0.717, 1.165) is 34.7 Å². The van der Waals surface area contributed by atoms with Crippen LogP contribution in [0.15, 0.2) is 53.0 Å². The molecule has 1 aliphatic rings. The quantitative estimate of drug-likeness (QED) is 0.277. The van der Waals surface area contributed by atoms with Gasteiger partial charge in [0.05, 0.1) is 5.69 Å². The zero-order valence-electron chi connectivity index (χ0n) is 16.6. The van der Waals surface area contributed by atoms with Gasteiger partial charge in [-0.2, -0.15) is 0 Å². The van der Waals surface area contributed by atoms with E-state index in [0.29, 0.717) is 6.61 Å². The fraction of sp³-hybridized carbons (Fsp3) is 0.333. The lowest BCUT2D eigenvalue weighted by Gasteiger charge is -2.10. The van der Waals surface area contributed by atoms with Gasteiger partial charge in [0.15, 0.2) is 0 Å². The Bertz CT molecular complexity index is 1000. The molecule has 0 amide bonds. The summed E-state index contributed by atoms with van der Waals surface area (Å²) < 4.78 is 6.06. The molecule has 3 nitrogen and oxygen atoms in total. The zero-order valence-corrected chi connectivity index (χ0v) is 17.4. The van der Waals surface area contributed by atoms with Gasteiger partial charge < -0.3 is 4.74 Å². The normalized spacial score (nSPS) is 14.1. The van der Waals surface area contributed by atoms with Crippen LogP contribution in [0.25, 0.3) is 10.8 Å². The number of aryl methyl sites for hydroxylation is 2. The van der Waals surface area contributed by atoms with E-state index in [4.69, 9.17) is 14.7 Å². The average molecular weight is 391 g/mol. The van der Waals surface area contributed by atoms with Gasteiger partial charge in [0, 0.05) is 16.7 Å². The molecule has 0 saturated heterocycles. The maximum Gasteiger partial charge on any atom is 0.209 e. The minimum atomic E-state index is 0.563. The molecule has 1 heterocycles. The molecule has 0 bridgehead atoms. The van der Waals surface area contributed by atoms with Crippen LogP contribution in [-0.2, 0) is 12.8 Å². The SMILES string of the molecule is CC(C)=CCOc1ccc2ccccc2c1/C=N/c1nc2c(s1)CCCCC2. The third-order valence-electron chi connectivity index (χ3n) is 5.05. The molecule has 1 aliphatic carbocycles. The molecular formula is C24H26N2OS. The average Bonchev–Trinajstić information content (AvgIpc) is 2.95. The predicted molar refractivity (Wildman–Crippen MR) is 120 cm³/mol. The van der Waals surface area contributed by atoms with Crippen molar-refractivity contribution in [1.29, 1.82) is 0 Å². The van der Waals surface area contributed by atoms with E-state index in [1.165, 1.54) is 40.8 Å². The number of aliphatic imine (C=N–C) groups is 1. The van der Waals surface area contributed by atoms with Crippen molar-refractivity contribution in [3.63, 3.8) is 0 Å². The van der Waals surface area contributed by atoms with Crippen molar-refractivity contribution >= 4 is 33.5 Å². The summed E-state index contributed by atoms with van der Waals surface area (Å²) in [5, 5.41) is 3.20. The van der Waals surface area contributed by atoms with Crippen LogP contribution in [0.3, 0.4) is 0 Å². The summed E-state index contributed by atoms with van der Waals surface area (Å²) in [4.78, 5) is 11.0. The van der Waals surface area contributed by atoms with Crippen molar-refractivity contribution in [2.24, 2.45) is 4.99 Å². The standard InChI is InChI=1S/C24H26N2OS/c1-17(2)14-15-27-22-13-12-18-8-6-7-9-19(18)20(22)16-25-24-26-21-10-4-3-5-11-23(21)28-24/h6-9,12-14,16H,3-5,10-11,15H2,1-2H3/b25-16+. The second-order valence-electron chi connectivity index (χ2n) is 7.48. The fourth-order valence-corrected chi connectivity index (χ4v) is 4.52. The first-order valence-corrected chi connectivity index (χ1v) is 10.8. The minimum absolute atomic E-state index is 0.563. The second kappa shape index (κ2) is 8.70. The first-order chi connectivity index (χ1) is 13.7. The van der Waals surface area contributed by atoms with Crippen molar-refractivity contribution in [3.05, 3.63) is 64.2 Å². The summed E-state index contributed by atoms with van der Waals surface area (Å²) in [6.07, 6.45) is 10.1. The molecule has 0 atom stereocenters. The van der Waals surface area contributed by atoms with E-state index in [2.05, 4.69) is 50.3 Å². The molecule has 2 aromatic carbocycles. The molecule has 0 saturated carbocycles. The van der Waals surface area contributed by atoms with Gasteiger partial charge in [0.2, 0.25) is 5.13 Å². The minimum Gasteiger partial charge on any atom is -0.489 e. The van der Waals surface area contributed by atoms with E-state index in [1.54, 1.807) is 11.3 Å². The number of rotatable bonds is 5. The van der Waals surface area contributed by atoms with Crippen LogP contribution in [0, 0.1) is 0 Å². The number of benzene rings is 2. The summed E-state index contributed by atoms with van der Waals surface area (Å²) in [5.41, 5.74) is 3.53. The Balaban J connectivity index is 1.67. The monoisotopic (exact) mass is 390 g/mol. The highest BCUT2D eigenvalue weighted by molar-refractivity contribution is 7.15. The molecule has 0 fully saturated rings. The number of hydrogen-bond donors (Lipinski definition) is 0. The van der Waals surface area contributed by atoms with Crippen LogP contribution in [0.2, 0.25) is 0 Å². The largest absolute Gasteiger partial charge is 0.489 e. The fourth-order valence-electron chi connectivity index (χ4n) is 3.52. The molecule has 0 aliphatic heterocycles. The van der Waals surface area contributed by atoms with Crippen molar-refractivity contribution in [2.75, 3.05) is 6.61 Å². The molecule has 144 valence electrons. The van der Waals surface area contributed by atoms with Gasteiger partial charge >= 0.3 is 0 Å². The highest BCUT2D eigenvalue weighted by atomic mass is 32.1. The Morgan fingerprint density at radius 3 is 2.86 bits per heavy atom. The summed E-state index contributed by atoms with van der Waals surface area (Å²) in [7, 11) is 0. The maximum absolute atomic E-state index is 6.06. The van der Waals surface area contributed by atoms with E-state index in [9.17, 15) is 0 Å². The van der Waals surface area contributed by atoms with Crippen LogP contribution >= 0.6 is 11.3 Å². The Labute approximate surface area is 170 Å². The molecule has 3 aromatic rings. The maximum atomic E-state index is 6.06. The number of allylic oxidation sites excluding steroid dienone is 1. The van der Waals surface area contributed by atoms with E-state index < -0.39 is 0 Å². The van der Waals surface area contributed by atoms with Crippen molar-refractivity contribution in [3.8, 4) is 5.75 Å². The van der Waals surface area contributed by atoms with Gasteiger partial charge in [0.1, 0.15) is 12.4 Å². The van der Waals surface area contributed by atoms with Gasteiger partial charge in [-0.3, -0.25) is 0 Å². The Hall–Kier alpha value is -2.46. The van der Waals surface area contributed by atoms with Gasteiger partial charge in [0.25, 0.3) is 0 Å². The number of nitrogens with zero attached hydrogens (tertiary/aromatic N) is 2. The molecule has 4 rings (SSSR count). The third-order valence-corrected chi connectivity index (χ3v) is 6.11. The molecule has 1 aromatic heterocycles. The van der Waals surface area contributed by atoms with E-state index >= 15 is 0 Å². The lowest BCUT2D eigenvalue weighted by Crippen LogP contribution is -1.98. The summed E-state index contributed by atoms with van der Waals surface area (Å²) >= 11 is 1.74. The Morgan fingerprint density at radius 2 is 1.96 bits per heavy atom. The van der Waals surface area contributed by atoms with Crippen LogP contribution < -0.4 is 4.74 Å². The van der Waals surface area contributed by atoms with E-state index in [1.807, 2.05) is 12.3 Å². The molecule has 0 unspecified atom stereocenters. The number of ether oxygens (including phenoxy) is 1. The number of hydrogen-bond acceptors (Lipinski definition) is 4. The molecular weight excluding hydrogens is 364 g/mol. The lowest BCUT2D eigenvalue weighted by atomic mass is 10.0. The first kappa shape index (κ1) is 18.9. The van der Waals surface area contributed by atoms with Crippen molar-refractivity contribution in [1.82, 2.24) is 4.98 Å². The number of aromatic nitrogens is 1. The van der Waals surface area contributed by atoms with Gasteiger partial charge in [-0.05, 0) is 62.4 Å². The molecule has 0 N–H and O–H groups in total. The highest BCUT2D eigenvalue weighted by Gasteiger charge is 2.14. The van der Waals surface area contributed by atoms with Gasteiger partial charge in [-0.25, -0.2) is 9.98 Å². The second-order valence-corrected chi connectivity index (χ2v) is 8.54. The first-order valence-electron chi connectivity index (χ1n) is 10.0. The van der Waals surface area contributed by atoms with E-state index in [-0.39, 0.29) is 0 Å². The van der Waals surface area contributed by atoms with Gasteiger partial charge in [-0.1, -0.05) is 53.7 Å². The molecule has 0 spiro atoms. The topological polar surface area (TPSA) is 34.5 Å². The summed E-state index contributed by atoms with van der Waals surface area (Å²) in [6, 6.07) is 12.5.